The zero-order chi connectivity index (χ0) is 20.9. The van der Waals surface area contributed by atoms with Gasteiger partial charge in [0.2, 0.25) is 6.41 Å². The van der Waals surface area contributed by atoms with Gasteiger partial charge in [0.05, 0.1) is 35.0 Å². The summed E-state index contributed by atoms with van der Waals surface area (Å²) in [6, 6.07) is 12.4. The third-order valence-electron chi connectivity index (χ3n) is 4.76. The fourth-order valence-electron chi connectivity index (χ4n) is 3.59. The molecule has 2 amide bonds. The van der Waals surface area contributed by atoms with E-state index in [0.717, 1.165) is 5.39 Å². The minimum Gasteiger partial charge on any atom is -0.497 e. The molecule has 0 bridgehead atoms. The first-order valence-electron chi connectivity index (χ1n) is 9.23. The van der Waals surface area contributed by atoms with Crippen LogP contribution in [-0.2, 0) is 4.74 Å². The molecule has 1 aromatic heterocycles. The molecule has 2 heterocycles. The largest absolute Gasteiger partial charge is 0.497 e. The SMILES string of the molecule is COc1ccc2c(c1)cc(-c1cccc3c1C(=O)NC3=O)n2C(O)OC(C)(C)C. The number of ether oxygens (including phenoxy) is 2. The Bertz CT molecular complexity index is 1140. The molecule has 4 rings (SSSR count). The number of aliphatic hydroxyl groups excluding tert-OH is 1. The Hall–Kier alpha value is -3.16. The van der Waals surface area contributed by atoms with E-state index in [1.165, 1.54) is 0 Å². The summed E-state index contributed by atoms with van der Waals surface area (Å²) in [4.78, 5) is 24.5. The van der Waals surface area contributed by atoms with Gasteiger partial charge >= 0.3 is 0 Å². The Balaban J connectivity index is 1.99. The van der Waals surface area contributed by atoms with Crippen LogP contribution in [0, 0.1) is 0 Å². The Morgan fingerprint density at radius 2 is 1.76 bits per heavy atom. The number of carbonyl (C=O) groups excluding carboxylic acids is 2. The van der Waals surface area contributed by atoms with E-state index in [0.29, 0.717) is 28.1 Å². The van der Waals surface area contributed by atoms with Gasteiger partial charge in [-0.15, -0.1) is 0 Å². The van der Waals surface area contributed by atoms with Gasteiger partial charge in [0.25, 0.3) is 11.8 Å². The summed E-state index contributed by atoms with van der Waals surface area (Å²) in [5, 5.41) is 14.1. The number of hydrogen-bond acceptors (Lipinski definition) is 5. The summed E-state index contributed by atoms with van der Waals surface area (Å²) in [7, 11) is 1.58. The molecular formula is C22H22N2O5. The molecule has 0 saturated carbocycles. The van der Waals surface area contributed by atoms with Gasteiger partial charge in [-0.3, -0.25) is 19.5 Å². The van der Waals surface area contributed by atoms with E-state index in [9.17, 15) is 14.7 Å². The second-order valence-corrected chi connectivity index (χ2v) is 7.89. The molecule has 7 heteroatoms. The average molecular weight is 394 g/mol. The first-order valence-corrected chi connectivity index (χ1v) is 9.23. The first-order chi connectivity index (χ1) is 13.7. The van der Waals surface area contributed by atoms with Crippen LogP contribution in [0.3, 0.4) is 0 Å². The molecule has 3 aromatic rings. The van der Waals surface area contributed by atoms with Crippen molar-refractivity contribution in [3.05, 3.63) is 53.6 Å². The van der Waals surface area contributed by atoms with Crippen LogP contribution in [0.5, 0.6) is 5.75 Å². The average Bonchev–Trinajstić information content (AvgIpc) is 3.17. The summed E-state index contributed by atoms with van der Waals surface area (Å²) >= 11 is 0. The van der Waals surface area contributed by atoms with Crippen LogP contribution in [0.25, 0.3) is 22.2 Å². The lowest BCUT2D eigenvalue weighted by Gasteiger charge is -2.27. The number of hydrogen-bond donors (Lipinski definition) is 2. The Morgan fingerprint density at radius 1 is 1.03 bits per heavy atom. The molecular weight excluding hydrogens is 372 g/mol. The number of nitrogens with one attached hydrogen (secondary N) is 1. The predicted molar refractivity (Wildman–Crippen MR) is 108 cm³/mol. The van der Waals surface area contributed by atoms with Crippen molar-refractivity contribution in [2.75, 3.05) is 7.11 Å². The first kappa shape index (κ1) is 19.2. The number of nitrogens with zero attached hydrogens (tertiary/aromatic N) is 1. The normalized spacial score (nSPS) is 14.8. The molecule has 0 fully saturated rings. The molecule has 7 nitrogen and oxygen atoms in total. The molecule has 0 spiro atoms. The van der Waals surface area contributed by atoms with Crippen LogP contribution in [0.15, 0.2) is 42.5 Å². The second kappa shape index (κ2) is 6.72. The zero-order valence-electron chi connectivity index (χ0n) is 16.6. The maximum Gasteiger partial charge on any atom is 0.259 e. The summed E-state index contributed by atoms with van der Waals surface area (Å²) in [6.07, 6.45) is -1.30. The maximum absolute atomic E-state index is 12.4. The van der Waals surface area contributed by atoms with Crippen molar-refractivity contribution in [2.24, 2.45) is 0 Å². The summed E-state index contributed by atoms with van der Waals surface area (Å²) < 4.78 is 12.7. The van der Waals surface area contributed by atoms with Gasteiger partial charge in [-0.25, -0.2) is 0 Å². The van der Waals surface area contributed by atoms with Crippen molar-refractivity contribution in [3.63, 3.8) is 0 Å². The predicted octanol–water partition coefficient (Wildman–Crippen LogP) is 3.46. The molecule has 1 atom stereocenters. The van der Waals surface area contributed by atoms with E-state index in [-0.39, 0.29) is 5.56 Å². The number of imide groups is 1. The fraction of sp³-hybridized carbons (Fsp3) is 0.273. The summed E-state index contributed by atoms with van der Waals surface area (Å²) in [5.41, 5.74) is 1.81. The highest BCUT2D eigenvalue weighted by molar-refractivity contribution is 6.24. The van der Waals surface area contributed by atoms with Crippen molar-refractivity contribution in [1.29, 1.82) is 0 Å². The molecule has 1 aliphatic heterocycles. The van der Waals surface area contributed by atoms with Crippen molar-refractivity contribution in [3.8, 4) is 17.0 Å². The van der Waals surface area contributed by atoms with Crippen molar-refractivity contribution in [1.82, 2.24) is 9.88 Å². The van der Waals surface area contributed by atoms with Crippen LogP contribution in [0.4, 0.5) is 0 Å². The number of aromatic nitrogens is 1. The molecule has 2 N–H and O–H groups in total. The topological polar surface area (TPSA) is 89.8 Å². The van der Waals surface area contributed by atoms with E-state index >= 15 is 0 Å². The van der Waals surface area contributed by atoms with Crippen molar-refractivity contribution < 1.29 is 24.2 Å². The standard InChI is InChI=1S/C22H22N2O5/c1-22(2,3)29-21(27)24-16-9-8-13(28-4)10-12(16)11-17(24)14-6-5-7-15-18(14)20(26)23-19(15)25/h5-11,21,27H,1-4H3,(H,23,25,26). The lowest BCUT2D eigenvalue weighted by Crippen LogP contribution is -2.26. The Labute approximate surface area is 167 Å². The van der Waals surface area contributed by atoms with E-state index in [1.807, 2.05) is 39.0 Å². The van der Waals surface area contributed by atoms with E-state index in [1.54, 1.807) is 35.9 Å². The van der Waals surface area contributed by atoms with Gasteiger partial charge in [0, 0.05) is 10.9 Å². The minimum atomic E-state index is -1.30. The lowest BCUT2D eigenvalue weighted by atomic mass is 10.00. The van der Waals surface area contributed by atoms with Crippen LogP contribution < -0.4 is 10.1 Å². The molecule has 2 aromatic carbocycles. The van der Waals surface area contributed by atoms with Gasteiger partial charge in [-0.2, -0.15) is 0 Å². The number of carbonyl (C=O) groups is 2. The monoisotopic (exact) mass is 394 g/mol. The molecule has 0 aliphatic carbocycles. The molecule has 0 radical (unpaired) electrons. The highest BCUT2D eigenvalue weighted by Gasteiger charge is 2.32. The zero-order valence-corrected chi connectivity index (χ0v) is 16.6. The van der Waals surface area contributed by atoms with Crippen LogP contribution in [0.1, 0.15) is 47.9 Å². The van der Waals surface area contributed by atoms with E-state index < -0.39 is 23.8 Å². The highest BCUT2D eigenvalue weighted by Crippen LogP contribution is 2.37. The van der Waals surface area contributed by atoms with E-state index in [2.05, 4.69) is 5.32 Å². The summed E-state index contributed by atoms with van der Waals surface area (Å²) in [5.74, 6) is -0.220. The third kappa shape index (κ3) is 3.28. The number of rotatable bonds is 4. The van der Waals surface area contributed by atoms with E-state index in [4.69, 9.17) is 9.47 Å². The molecule has 1 unspecified atom stereocenters. The number of fused-ring (bicyclic) bond motifs is 2. The second-order valence-electron chi connectivity index (χ2n) is 7.89. The number of aliphatic hydroxyl groups is 1. The number of methoxy groups -OCH3 is 1. The molecule has 150 valence electrons. The third-order valence-corrected chi connectivity index (χ3v) is 4.76. The fourth-order valence-corrected chi connectivity index (χ4v) is 3.59. The smallest absolute Gasteiger partial charge is 0.259 e. The minimum absolute atomic E-state index is 0.288. The molecule has 29 heavy (non-hydrogen) atoms. The van der Waals surface area contributed by atoms with Gasteiger partial charge < -0.3 is 14.6 Å². The van der Waals surface area contributed by atoms with Gasteiger partial charge in [0.1, 0.15) is 5.75 Å². The maximum atomic E-state index is 12.4. The Kier molecular flexibility index (Phi) is 4.44. The van der Waals surface area contributed by atoms with Crippen molar-refractivity contribution >= 4 is 22.7 Å². The van der Waals surface area contributed by atoms with Crippen LogP contribution in [0.2, 0.25) is 0 Å². The lowest BCUT2D eigenvalue weighted by molar-refractivity contribution is -0.207. The molecule has 0 saturated heterocycles. The van der Waals surface area contributed by atoms with Gasteiger partial charge in [-0.05, 0) is 51.1 Å². The quantitative estimate of drug-likeness (QED) is 0.522. The van der Waals surface area contributed by atoms with Gasteiger partial charge in [0.15, 0.2) is 0 Å². The summed E-state index contributed by atoms with van der Waals surface area (Å²) in [6.45, 7) is 5.53. The van der Waals surface area contributed by atoms with Crippen LogP contribution >= 0.6 is 0 Å². The highest BCUT2D eigenvalue weighted by atomic mass is 16.6. The molecule has 1 aliphatic rings. The van der Waals surface area contributed by atoms with Crippen LogP contribution in [-0.4, -0.2) is 34.2 Å². The van der Waals surface area contributed by atoms with Crippen molar-refractivity contribution in [2.45, 2.75) is 32.8 Å². The Morgan fingerprint density at radius 3 is 2.45 bits per heavy atom. The number of benzene rings is 2. The van der Waals surface area contributed by atoms with Gasteiger partial charge in [-0.1, -0.05) is 12.1 Å². The number of amides is 2.